The lowest BCUT2D eigenvalue weighted by Crippen LogP contribution is -1.97. The lowest BCUT2D eigenvalue weighted by atomic mass is 9.96. The number of hydrogen-bond donors (Lipinski definition) is 0. The van der Waals surface area contributed by atoms with Crippen molar-refractivity contribution >= 4 is 0 Å². The molecule has 0 spiro atoms. The van der Waals surface area contributed by atoms with Gasteiger partial charge in [-0.15, -0.1) is 18.9 Å². The second kappa shape index (κ2) is 6.98. The highest BCUT2D eigenvalue weighted by molar-refractivity contribution is 5.01. The van der Waals surface area contributed by atoms with Crippen molar-refractivity contribution in [1.29, 1.82) is 0 Å². The van der Waals surface area contributed by atoms with Crippen molar-refractivity contribution in [3.63, 3.8) is 0 Å². The normalized spacial score (nSPS) is 12.1. The number of unbranched alkanes of at least 4 members (excludes halogenated alkanes) is 2. The molecule has 0 aliphatic heterocycles. The third kappa shape index (κ3) is 6.04. The van der Waals surface area contributed by atoms with E-state index in [1.807, 2.05) is 6.92 Å². The monoisotopic (exact) mass is 164 g/mol. The van der Waals surface area contributed by atoms with E-state index < -0.39 is 0 Å². The molecule has 0 bridgehead atoms. The van der Waals surface area contributed by atoms with Crippen LogP contribution in [0, 0.1) is 18.3 Å². The summed E-state index contributed by atoms with van der Waals surface area (Å²) in [6.07, 6.45) is 11.4. The first-order valence-corrected chi connectivity index (χ1v) is 4.81. The van der Waals surface area contributed by atoms with Crippen LogP contribution in [0.15, 0.2) is 12.2 Å². The van der Waals surface area contributed by atoms with Crippen molar-refractivity contribution in [2.45, 2.75) is 46.0 Å². The molecule has 0 aliphatic carbocycles. The van der Waals surface area contributed by atoms with Gasteiger partial charge in [-0.1, -0.05) is 31.8 Å². The molecular formula is C12H20. The van der Waals surface area contributed by atoms with Crippen molar-refractivity contribution < 1.29 is 0 Å². The fraction of sp³-hybridized carbons (Fsp3) is 0.667. The van der Waals surface area contributed by atoms with E-state index in [2.05, 4.69) is 19.4 Å². The highest BCUT2D eigenvalue weighted by atomic mass is 14.1. The minimum atomic E-state index is 0.425. The third-order valence-corrected chi connectivity index (χ3v) is 1.99. The van der Waals surface area contributed by atoms with Gasteiger partial charge < -0.3 is 0 Å². The Morgan fingerprint density at radius 1 is 1.50 bits per heavy atom. The standard InChI is InChI=1S/C12H20/c1-5-7-8-9-12(6-2)10-11(3)4/h2,12H,3,5,7-10H2,1,4H3/t12-/m1/s1. The van der Waals surface area contributed by atoms with Crippen LogP contribution >= 0.6 is 0 Å². The average molecular weight is 164 g/mol. The minimum absolute atomic E-state index is 0.425. The van der Waals surface area contributed by atoms with Gasteiger partial charge in [0.15, 0.2) is 0 Å². The third-order valence-electron chi connectivity index (χ3n) is 1.99. The Labute approximate surface area is 77.1 Å². The lowest BCUT2D eigenvalue weighted by Gasteiger charge is -2.09. The Balaban J connectivity index is 3.55. The maximum Gasteiger partial charge on any atom is 0.0237 e. The molecule has 0 aromatic carbocycles. The van der Waals surface area contributed by atoms with Crippen LogP contribution in [0.25, 0.3) is 0 Å². The summed E-state index contributed by atoms with van der Waals surface area (Å²) >= 11 is 0. The Hall–Kier alpha value is -0.700. The molecule has 0 aromatic rings. The molecule has 0 amide bonds. The number of rotatable bonds is 6. The van der Waals surface area contributed by atoms with Gasteiger partial charge in [0.05, 0.1) is 0 Å². The molecule has 0 aliphatic rings. The van der Waals surface area contributed by atoms with E-state index in [0.29, 0.717) is 5.92 Å². The summed E-state index contributed by atoms with van der Waals surface area (Å²) in [4.78, 5) is 0. The average Bonchev–Trinajstić information content (AvgIpc) is 2.02. The number of terminal acetylenes is 1. The molecule has 0 heterocycles. The van der Waals surface area contributed by atoms with Gasteiger partial charge in [0.1, 0.15) is 0 Å². The summed E-state index contributed by atoms with van der Waals surface area (Å²) in [7, 11) is 0. The zero-order valence-corrected chi connectivity index (χ0v) is 8.40. The second-order valence-corrected chi connectivity index (χ2v) is 3.52. The molecule has 0 saturated carbocycles. The van der Waals surface area contributed by atoms with E-state index >= 15 is 0 Å². The van der Waals surface area contributed by atoms with Crippen molar-refractivity contribution in [3.05, 3.63) is 12.2 Å². The van der Waals surface area contributed by atoms with Crippen LogP contribution in [0.4, 0.5) is 0 Å². The van der Waals surface area contributed by atoms with E-state index in [-0.39, 0.29) is 0 Å². The molecule has 68 valence electrons. The quantitative estimate of drug-likeness (QED) is 0.318. The fourth-order valence-corrected chi connectivity index (χ4v) is 1.31. The molecule has 0 saturated heterocycles. The van der Waals surface area contributed by atoms with E-state index in [1.54, 1.807) is 0 Å². The van der Waals surface area contributed by atoms with Gasteiger partial charge in [-0.2, -0.15) is 0 Å². The molecule has 12 heavy (non-hydrogen) atoms. The van der Waals surface area contributed by atoms with Gasteiger partial charge in [-0.25, -0.2) is 0 Å². The predicted molar refractivity (Wildman–Crippen MR) is 55.9 cm³/mol. The van der Waals surface area contributed by atoms with Gasteiger partial charge in [0.25, 0.3) is 0 Å². The first-order chi connectivity index (χ1) is 5.70. The Morgan fingerprint density at radius 3 is 2.58 bits per heavy atom. The van der Waals surface area contributed by atoms with Crippen LogP contribution < -0.4 is 0 Å². The van der Waals surface area contributed by atoms with Gasteiger partial charge in [-0.05, 0) is 19.8 Å². The summed E-state index contributed by atoms with van der Waals surface area (Å²) in [5.74, 6) is 3.26. The predicted octanol–water partition coefficient (Wildman–Crippen LogP) is 3.78. The van der Waals surface area contributed by atoms with Gasteiger partial charge in [0, 0.05) is 5.92 Å². The molecule has 0 nitrogen and oxygen atoms in total. The van der Waals surface area contributed by atoms with Crippen LogP contribution in [0.3, 0.4) is 0 Å². The maximum absolute atomic E-state index is 5.41. The van der Waals surface area contributed by atoms with Crippen LogP contribution in [-0.2, 0) is 0 Å². The largest absolute Gasteiger partial charge is 0.120 e. The molecule has 0 rings (SSSR count). The minimum Gasteiger partial charge on any atom is -0.120 e. The molecule has 1 atom stereocenters. The fourth-order valence-electron chi connectivity index (χ4n) is 1.31. The zero-order chi connectivity index (χ0) is 9.40. The van der Waals surface area contributed by atoms with E-state index in [1.165, 1.54) is 24.8 Å². The van der Waals surface area contributed by atoms with Crippen LogP contribution in [0.2, 0.25) is 0 Å². The first-order valence-electron chi connectivity index (χ1n) is 4.81. The Morgan fingerprint density at radius 2 is 2.17 bits per heavy atom. The van der Waals surface area contributed by atoms with E-state index in [0.717, 1.165) is 12.8 Å². The topological polar surface area (TPSA) is 0 Å². The van der Waals surface area contributed by atoms with Crippen molar-refractivity contribution in [3.8, 4) is 12.3 Å². The summed E-state index contributed by atoms with van der Waals surface area (Å²) in [6, 6.07) is 0. The Bertz CT molecular complexity index is 159. The SMILES string of the molecule is C#C[C@H](CCCCC)CC(=C)C. The van der Waals surface area contributed by atoms with Crippen LogP contribution in [-0.4, -0.2) is 0 Å². The lowest BCUT2D eigenvalue weighted by molar-refractivity contribution is 0.550. The van der Waals surface area contributed by atoms with Gasteiger partial charge >= 0.3 is 0 Å². The summed E-state index contributed by atoms with van der Waals surface area (Å²) in [5, 5.41) is 0. The first kappa shape index (κ1) is 11.3. The highest BCUT2D eigenvalue weighted by Gasteiger charge is 2.03. The van der Waals surface area contributed by atoms with E-state index in [4.69, 9.17) is 6.42 Å². The van der Waals surface area contributed by atoms with Gasteiger partial charge in [0.2, 0.25) is 0 Å². The highest BCUT2D eigenvalue weighted by Crippen LogP contribution is 2.16. The summed E-state index contributed by atoms with van der Waals surface area (Å²) < 4.78 is 0. The van der Waals surface area contributed by atoms with Gasteiger partial charge in [-0.3, -0.25) is 0 Å². The second-order valence-electron chi connectivity index (χ2n) is 3.52. The molecule has 0 unspecified atom stereocenters. The molecule has 0 aromatic heterocycles. The summed E-state index contributed by atoms with van der Waals surface area (Å²) in [6.45, 7) is 8.13. The number of allylic oxidation sites excluding steroid dienone is 1. The molecule has 0 heteroatoms. The molecule has 0 fully saturated rings. The maximum atomic E-state index is 5.41. The Kier molecular flexibility index (Phi) is 6.57. The molecule has 0 radical (unpaired) electrons. The van der Waals surface area contributed by atoms with Crippen LogP contribution in [0.5, 0.6) is 0 Å². The molecular weight excluding hydrogens is 144 g/mol. The van der Waals surface area contributed by atoms with Crippen LogP contribution in [0.1, 0.15) is 46.0 Å². The smallest absolute Gasteiger partial charge is 0.0237 e. The zero-order valence-electron chi connectivity index (χ0n) is 8.40. The van der Waals surface area contributed by atoms with Crippen molar-refractivity contribution in [2.75, 3.05) is 0 Å². The summed E-state index contributed by atoms with van der Waals surface area (Å²) in [5.41, 5.74) is 1.20. The van der Waals surface area contributed by atoms with E-state index in [9.17, 15) is 0 Å². The van der Waals surface area contributed by atoms with Crippen molar-refractivity contribution in [2.24, 2.45) is 5.92 Å². The van der Waals surface area contributed by atoms with Crippen molar-refractivity contribution in [1.82, 2.24) is 0 Å². The number of hydrogen-bond acceptors (Lipinski definition) is 0. The molecule has 0 N–H and O–H groups in total.